The average Bonchev–Trinajstić information content (AvgIpc) is 2.75. The second-order valence-corrected chi connectivity index (χ2v) is 7.62. The molecule has 1 aliphatic rings. The van der Waals surface area contributed by atoms with Crippen molar-refractivity contribution in [3.63, 3.8) is 0 Å². The number of benzene rings is 3. The molecule has 1 saturated heterocycles. The van der Waals surface area contributed by atoms with Crippen LogP contribution in [0.5, 0.6) is 11.5 Å². The van der Waals surface area contributed by atoms with Crippen molar-refractivity contribution in [2.24, 2.45) is 0 Å². The molecule has 1 fully saturated rings. The fourth-order valence-electron chi connectivity index (χ4n) is 3.75. The quantitative estimate of drug-likeness (QED) is 0.592. The molecule has 0 bridgehead atoms. The molecule has 4 heteroatoms. The van der Waals surface area contributed by atoms with Crippen LogP contribution < -0.4 is 4.90 Å². The van der Waals surface area contributed by atoms with E-state index in [1.165, 1.54) is 10.5 Å². The summed E-state index contributed by atoms with van der Waals surface area (Å²) in [5, 5.41) is 19.1. The molecule has 0 aliphatic carbocycles. The van der Waals surface area contributed by atoms with Crippen LogP contribution in [0.3, 0.4) is 0 Å². The van der Waals surface area contributed by atoms with Crippen LogP contribution in [-0.4, -0.2) is 29.1 Å². The van der Waals surface area contributed by atoms with Crippen LogP contribution in [0.25, 0.3) is 12.2 Å². The Hall–Kier alpha value is -3.63. The molecule has 1 aliphatic heterocycles. The summed E-state index contributed by atoms with van der Waals surface area (Å²) in [4.78, 5) is 14.5. The van der Waals surface area contributed by atoms with Crippen molar-refractivity contribution in [2.75, 3.05) is 13.1 Å². The number of likely N-dealkylation sites (tertiary alicyclic amines) is 1. The number of carbonyl (C=O) groups is 1. The number of Topliss-reactive ketones (excluding diaryl/α,β-unsaturated/α-hetero) is 1. The minimum Gasteiger partial charge on any atom is -0.508 e. The first-order valence-electron chi connectivity index (χ1n) is 9.98. The molecule has 150 valence electrons. The Bertz CT molecular complexity index is 1010. The number of aromatic hydroxyl groups is 2. The second kappa shape index (κ2) is 8.80. The van der Waals surface area contributed by atoms with Crippen molar-refractivity contribution in [3.8, 4) is 11.5 Å². The normalized spacial score (nSPS) is 19.3. The Kier molecular flexibility index (Phi) is 5.77. The minimum absolute atomic E-state index is 0.0490. The van der Waals surface area contributed by atoms with Crippen molar-refractivity contribution < 1.29 is 19.9 Å². The Morgan fingerprint density at radius 2 is 1.17 bits per heavy atom. The van der Waals surface area contributed by atoms with Gasteiger partial charge in [-0.05, 0) is 47.5 Å². The van der Waals surface area contributed by atoms with E-state index in [0.29, 0.717) is 13.1 Å². The van der Waals surface area contributed by atoms with Gasteiger partial charge in [0.05, 0.1) is 11.1 Å². The van der Waals surface area contributed by atoms with E-state index in [4.69, 9.17) is 0 Å². The van der Waals surface area contributed by atoms with E-state index in [2.05, 4.69) is 12.1 Å². The number of hydrogen-bond acceptors (Lipinski definition) is 3. The Morgan fingerprint density at radius 3 is 1.63 bits per heavy atom. The monoisotopic (exact) mass is 398 g/mol. The van der Waals surface area contributed by atoms with Crippen molar-refractivity contribution in [3.05, 3.63) is 107 Å². The van der Waals surface area contributed by atoms with Crippen LogP contribution in [0.4, 0.5) is 0 Å². The largest absolute Gasteiger partial charge is 0.508 e. The lowest BCUT2D eigenvalue weighted by Crippen LogP contribution is -3.12. The average molecular weight is 398 g/mol. The van der Waals surface area contributed by atoms with Crippen LogP contribution >= 0.6 is 0 Å². The standard InChI is InChI=1S/C26H23NO3/c28-24-10-6-19(7-11-24)14-22-17-27(16-21-4-2-1-3-5-21)18-23(26(22)30)15-20-8-12-25(29)13-9-20/h1-15,28-29H,16-18H2/p+1/b22-14+,23-15+. The van der Waals surface area contributed by atoms with Gasteiger partial charge in [0.15, 0.2) is 5.78 Å². The Labute approximate surface area is 176 Å². The zero-order chi connectivity index (χ0) is 20.9. The molecule has 3 aromatic rings. The molecule has 0 unspecified atom stereocenters. The molecular formula is C26H24NO3+. The summed E-state index contributed by atoms with van der Waals surface area (Å²) in [7, 11) is 0. The molecule has 0 aromatic heterocycles. The van der Waals surface area contributed by atoms with E-state index in [1.54, 1.807) is 24.3 Å². The fraction of sp³-hybridized carbons (Fsp3) is 0.115. The molecule has 1 heterocycles. The zero-order valence-corrected chi connectivity index (χ0v) is 16.6. The SMILES string of the molecule is O=C1/C(=C/c2ccc(O)cc2)C[NH+](Cc2ccccc2)C/C1=C\c1ccc(O)cc1. The van der Waals surface area contributed by atoms with Crippen LogP contribution in [0.1, 0.15) is 16.7 Å². The van der Waals surface area contributed by atoms with Gasteiger partial charge in [0.25, 0.3) is 0 Å². The summed E-state index contributed by atoms with van der Waals surface area (Å²) in [5.41, 5.74) is 4.52. The van der Waals surface area contributed by atoms with Gasteiger partial charge in [-0.15, -0.1) is 0 Å². The molecule has 30 heavy (non-hydrogen) atoms. The van der Waals surface area contributed by atoms with Gasteiger partial charge in [0.2, 0.25) is 0 Å². The maximum absolute atomic E-state index is 13.2. The fourth-order valence-corrected chi connectivity index (χ4v) is 3.75. The van der Waals surface area contributed by atoms with Crippen molar-refractivity contribution >= 4 is 17.9 Å². The molecule has 4 rings (SSSR count). The maximum atomic E-state index is 13.2. The van der Waals surface area contributed by atoms with Gasteiger partial charge >= 0.3 is 0 Å². The molecule has 4 nitrogen and oxygen atoms in total. The van der Waals surface area contributed by atoms with Gasteiger partial charge < -0.3 is 15.1 Å². The van der Waals surface area contributed by atoms with Crippen LogP contribution in [0, 0.1) is 0 Å². The van der Waals surface area contributed by atoms with E-state index in [0.717, 1.165) is 28.8 Å². The third-order valence-corrected chi connectivity index (χ3v) is 5.23. The summed E-state index contributed by atoms with van der Waals surface area (Å²) >= 11 is 0. The molecule has 0 atom stereocenters. The van der Waals surface area contributed by atoms with Crippen LogP contribution in [0.2, 0.25) is 0 Å². The number of hydrogen-bond donors (Lipinski definition) is 3. The predicted molar refractivity (Wildman–Crippen MR) is 118 cm³/mol. The number of ketones is 1. The maximum Gasteiger partial charge on any atom is 0.196 e. The third-order valence-electron chi connectivity index (χ3n) is 5.23. The summed E-state index contributed by atoms with van der Waals surface area (Å²) in [6.07, 6.45) is 3.83. The molecule has 0 amide bonds. The smallest absolute Gasteiger partial charge is 0.196 e. The van der Waals surface area contributed by atoms with Gasteiger partial charge in [0.1, 0.15) is 31.1 Å². The molecule has 3 N–H and O–H groups in total. The van der Waals surface area contributed by atoms with E-state index < -0.39 is 0 Å². The van der Waals surface area contributed by atoms with Gasteiger partial charge in [-0.25, -0.2) is 0 Å². The molecular weight excluding hydrogens is 374 g/mol. The van der Waals surface area contributed by atoms with Gasteiger partial charge in [0, 0.05) is 5.56 Å². The van der Waals surface area contributed by atoms with Gasteiger partial charge in [-0.3, -0.25) is 4.79 Å². The van der Waals surface area contributed by atoms with Crippen molar-refractivity contribution in [1.29, 1.82) is 0 Å². The van der Waals surface area contributed by atoms with E-state index in [9.17, 15) is 15.0 Å². The topological polar surface area (TPSA) is 62.0 Å². The van der Waals surface area contributed by atoms with E-state index in [-0.39, 0.29) is 17.3 Å². The van der Waals surface area contributed by atoms with E-state index >= 15 is 0 Å². The van der Waals surface area contributed by atoms with Crippen LogP contribution in [-0.2, 0) is 11.3 Å². The lowest BCUT2D eigenvalue weighted by atomic mass is 9.94. The number of phenolic OH excluding ortho intramolecular Hbond substituents is 2. The van der Waals surface area contributed by atoms with Crippen molar-refractivity contribution in [2.45, 2.75) is 6.54 Å². The lowest BCUT2D eigenvalue weighted by molar-refractivity contribution is -0.904. The molecule has 3 aromatic carbocycles. The lowest BCUT2D eigenvalue weighted by Gasteiger charge is -2.27. The first kappa shape index (κ1) is 19.7. The number of rotatable bonds is 4. The predicted octanol–water partition coefficient (Wildman–Crippen LogP) is 3.23. The highest BCUT2D eigenvalue weighted by Crippen LogP contribution is 2.19. The summed E-state index contributed by atoms with van der Waals surface area (Å²) in [5.74, 6) is 0.459. The first-order chi connectivity index (χ1) is 14.6. The molecule has 0 radical (unpaired) electrons. The highest BCUT2D eigenvalue weighted by atomic mass is 16.3. The third kappa shape index (κ3) is 4.85. The van der Waals surface area contributed by atoms with Gasteiger partial charge in [-0.2, -0.15) is 0 Å². The van der Waals surface area contributed by atoms with E-state index in [1.807, 2.05) is 54.6 Å². The summed E-state index contributed by atoms with van der Waals surface area (Å²) in [6, 6.07) is 24.0. The number of nitrogens with one attached hydrogen (secondary N) is 1. The summed E-state index contributed by atoms with van der Waals surface area (Å²) in [6.45, 7) is 2.11. The number of phenols is 2. The second-order valence-electron chi connectivity index (χ2n) is 7.62. The minimum atomic E-state index is 0.0490. The number of piperidine rings is 1. The first-order valence-corrected chi connectivity index (χ1v) is 9.98. The molecule has 0 saturated carbocycles. The van der Waals surface area contributed by atoms with Crippen LogP contribution in [0.15, 0.2) is 90.0 Å². The molecule has 0 spiro atoms. The highest BCUT2D eigenvalue weighted by Gasteiger charge is 2.29. The highest BCUT2D eigenvalue weighted by molar-refractivity contribution is 6.14. The van der Waals surface area contributed by atoms with Gasteiger partial charge in [-0.1, -0.05) is 54.6 Å². The Morgan fingerprint density at radius 1 is 0.700 bits per heavy atom. The zero-order valence-electron chi connectivity index (χ0n) is 16.6. The summed E-state index contributed by atoms with van der Waals surface area (Å²) < 4.78 is 0. The van der Waals surface area contributed by atoms with Crippen molar-refractivity contribution in [1.82, 2.24) is 0 Å². The Balaban J connectivity index is 1.67. The number of carbonyl (C=O) groups excluding carboxylic acids is 1. The number of quaternary nitrogens is 1.